The number of carbonyl (C=O) groups is 1. The summed E-state index contributed by atoms with van der Waals surface area (Å²) in [4.78, 5) is 12.2. The van der Waals surface area contributed by atoms with Gasteiger partial charge in [-0.3, -0.25) is 4.79 Å². The molecule has 2 aromatic rings. The van der Waals surface area contributed by atoms with Crippen LogP contribution in [0.15, 0.2) is 59.5 Å². The summed E-state index contributed by atoms with van der Waals surface area (Å²) in [6.45, 7) is 0.213. The van der Waals surface area contributed by atoms with E-state index in [1.54, 1.807) is 24.3 Å². The van der Waals surface area contributed by atoms with Crippen LogP contribution in [0.2, 0.25) is 5.02 Å². The van der Waals surface area contributed by atoms with Crippen LogP contribution in [0, 0.1) is 0 Å². The lowest BCUT2D eigenvalue weighted by Gasteiger charge is -2.17. The van der Waals surface area contributed by atoms with Gasteiger partial charge < -0.3 is 10.1 Å². The van der Waals surface area contributed by atoms with Crippen molar-refractivity contribution in [3.05, 3.63) is 65.2 Å². The molecule has 1 atom stereocenters. The molecule has 0 bridgehead atoms. The lowest BCUT2D eigenvalue weighted by atomic mass is 10.1. The van der Waals surface area contributed by atoms with Crippen molar-refractivity contribution in [2.45, 2.75) is 17.4 Å². The smallest absolute Gasteiger partial charge is 0.221 e. The van der Waals surface area contributed by atoms with Crippen LogP contribution in [0.5, 0.6) is 0 Å². The number of sulfone groups is 1. The standard InChI is InChI=1S/C18H20ClNO4S/c1-24-17(15-9-5-6-10-16(15)19)13-20-18(21)11-12-25(22,23)14-7-3-2-4-8-14/h2-10,17H,11-13H2,1H3,(H,20,21)/t17-/m1/s1. The molecule has 0 aromatic heterocycles. The first kappa shape index (κ1) is 19.4. The molecule has 25 heavy (non-hydrogen) atoms. The van der Waals surface area contributed by atoms with Gasteiger partial charge >= 0.3 is 0 Å². The molecule has 0 fully saturated rings. The van der Waals surface area contributed by atoms with Gasteiger partial charge in [0.25, 0.3) is 0 Å². The number of rotatable bonds is 8. The van der Waals surface area contributed by atoms with Crippen LogP contribution in [-0.2, 0) is 19.4 Å². The first-order valence-electron chi connectivity index (χ1n) is 7.76. The van der Waals surface area contributed by atoms with Gasteiger partial charge in [-0.25, -0.2) is 8.42 Å². The molecule has 5 nitrogen and oxygen atoms in total. The Hall–Kier alpha value is -1.89. The van der Waals surface area contributed by atoms with Gasteiger partial charge in [-0.05, 0) is 18.2 Å². The highest BCUT2D eigenvalue weighted by atomic mass is 35.5. The zero-order valence-electron chi connectivity index (χ0n) is 13.8. The normalized spacial score (nSPS) is 12.6. The Morgan fingerprint density at radius 3 is 2.40 bits per heavy atom. The number of halogens is 1. The van der Waals surface area contributed by atoms with E-state index in [1.165, 1.54) is 19.2 Å². The second-order valence-corrected chi connectivity index (χ2v) is 7.95. The highest BCUT2D eigenvalue weighted by Gasteiger charge is 2.18. The van der Waals surface area contributed by atoms with Gasteiger partial charge in [0.1, 0.15) is 6.10 Å². The highest BCUT2D eigenvalue weighted by Crippen LogP contribution is 2.24. The molecule has 0 radical (unpaired) electrons. The molecule has 0 unspecified atom stereocenters. The molecular formula is C18H20ClNO4S. The molecule has 2 rings (SSSR count). The summed E-state index contributed by atoms with van der Waals surface area (Å²) in [5.74, 6) is -0.597. The number of amides is 1. The van der Waals surface area contributed by atoms with Crippen LogP contribution < -0.4 is 5.32 Å². The number of carbonyl (C=O) groups excluding carboxylic acids is 1. The fourth-order valence-electron chi connectivity index (χ4n) is 2.32. The van der Waals surface area contributed by atoms with Crippen molar-refractivity contribution in [2.75, 3.05) is 19.4 Å². The summed E-state index contributed by atoms with van der Waals surface area (Å²) < 4.78 is 29.7. The van der Waals surface area contributed by atoms with E-state index in [-0.39, 0.29) is 29.5 Å². The van der Waals surface area contributed by atoms with E-state index < -0.39 is 15.9 Å². The van der Waals surface area contributed by atoms with E-state index in [2.05, 4.69) is 5.32 Å². The summed E-state index contributed by atoms with van der Waals surface area (Å²) in [5.41, 5.74) is 0.767. The monoisotopic (exact) mass is 381 g/mol. The Morgan fingerprint density at radius 2 is 1.76 bits per heavy atom. The fourth-order valence-corrected chi connectivity index (χ4v) is 3.84. The Balaban J connectivity index is 1.89. The predicted molar refractivity (Wildman–Crippen MR) is 97.3 cm³/mol. The Bertz CT molecular complexity index is 809. The molecule has 7 heteroatoms. The number of ether oxygens (including phenoxy) is 1. The van der Waals surface area contributed by atoms with Gasteiger partial charge in [0.15, 0.2) is 9.84 Å². The number of hydrogen-bond donors (Lipinski definition) is 1. The number of hydrogen-bond acceptors (Lipinski definition) is 4. The van der Waals surface area contributed by atoms with Gasteiger partial charge in [-0.2, -0.15) is 0 Å². The van der Waals surface area contributed by atoms with Crippen LogP contribution in [0.4, 0.5) is 0 Å². The zero-order valence-corrected chi connectivity index (χ0v) is 15.4. The lowest BCUT2D eigenvalue weighted by Crippen LogP contribution is -2.30. The van der Waals surface area contributed by atoms with Crippen LogP contribution in [0.1, 0.15) is 18.1 Å². The van der Waals surface area contributed by atoms with E-state index in [4.69, 9.17) is 16.3 Å². The molecule has 1 N–H and O–H groups in total. The predicted octanol–water partition coefficient (Wildman–Crippen LogP) is 3.01. The summed E-state index contributed by atoms with van der Waals surface area (Å²) >= 11 is 6.13. The Morgan fingerprint density at radius 1 is 1.12 bits per heavy atom. The first-order valence-corrected chi connectivity index (χ1v) is 9.79. The van der Waals surface area contributed by atoms with E-state index in [1.807, 2.05) is 18.2 Å². The zero-order chi connectivity index (χ0) is 18.3. The summed E-state index contributed by atoms with van der Waals surface area (Å²) in [5, 5.41) is 3.25. The second kappa shape index (κ2) is 8.99. The van der Waals surface area contributed by atoms with Crippen LogP contribution in [0.25, 0.3) is 0 Å². The molecule has 0 aliphatic rings. The molecule has 0 heterocycles. The minimum absolute atomic E-state index is 0.115. The lowest BCUT2D eigenvalue weighted by molar-refractivity contribution is -0.121. The van der Waals surface area contributed by atoms with Crippen LogP contribution in [0.3, 0.4) is 0 Å². The van der Waals surface area contributed by atoms with Crippen molar-refractivity contribution in [3.8, 4) is 0 Å². The Kier molecular flexibility index (Phi) is 6.99. The molecule has 0 aliphatic heterocycles. The van der Waals surface area contributed by atoms with Gasteiger partial charge in [0.05, 0.1) is 10.6 Å². The quantitative estimate of drug-likeness (QED) is 0.762. The number of nitrogens with one attached hydrogen (secondary N) is 1. The van der Waals surface area contributed by atoms with Gasteiger partial charge in [0.2, 0.25) is 5.91 Å². The minimum Gasteiger partial charge on any atom is -0.375 e. The number of methoxy groups -OCH3 is 1. The SMILES string of the molecule is CO[C@H](CNC(=O)CCS(=O)(=O)c1ccccc1)c1ccccc1Cl. The number of benzene rings is 2. The van der Waals surface area contributed by atoms with E-state index in [0.29, 0.717) is 5.02 Å². The van der Waals surface area contributed by atoms with Crippen molar-refractivity contribution in [1.82, 2.24) is 5.32 Å². The van der Waals surface area contributed by atoms with E-state index in [0.717, 1.165) is 5.56 Å². The Labute approximate surface area is 152 Å². The summed E-state index contributed by atoms with van der Waals surface area (Å²) in [7, 11) is -1.94. The van der Waals surface area contributed by atoms with Gasteiger partial charge in [-0.15, -0.1) is 0 Å². The average Bonchev–Trinajstić information content (AvgIpc) is 2.62. The average molecular weight is 382 g/mol. The molecule has 0 aliphatic carbocycles. The third-order valence-corrected chi connectivity index (χ3v) is 5.80. The minimum atomic E-state index is -3.47. The topological polar surface area (TPSA) is 72.5 Å². The van der Waals surface area contributed by atoms with Crippen molar-refractivity contribution >= 4 is 27.3 Å². The highest BCUT2D eigenvalue weighted by molar-refractivity contribution is 7.91. The summed E-state index contributed by atoms with van der Waals surface area (Å²) in [6, 6.07) is 15.3. The molecule has 0 saturated heterocycles. The van der Waals surface area contributed by atoms with Gasteiger partial charge in [0, 0.05) is 30.7 Å². The third kappa shape index (κ3) is 5.56. The van der Waals surface area contributed by atoms with Crippen molar-refractivity contribution < 1.29 is 17.9 Å². The van der Waals surface area contributed by atoms with Gasteiger partial charge in [-0.1, -0.05) is 48.0 Å². The largest absolute Gasteiger partial charge is 0.375 e. The van der Waals surface area contributed by atoms with Crippen molar-refractivity contribution in [1.29, 1.82) is 0 Å². The maximum absolute atomic E-state index is 12.2. The second-order valence-electron chi connectivity index (χ2n) is 5.43. The van der Waals surface area contributed by atoms with Crippen LogP contribution >= 0.6 is 11.6 Å². The summed E-state index contributed by atoms with van der Waals surface area (Å²) in [6.07, 6.45) is -0.515. The maximum atomic E-state index is 12.2. The fraction of sp³-hybridized carbons (Fsp3) is 0.278. The molecule has 2 aromatic carbocycles. The third-order valence-electron chi connectivity index (χ3n) is 3.72. The van der Waals surface area contributed by atoms with E-state index >= 15 is 0 Å². The molecule has 0 spiro atoms. The molecule has 0 saturated carbocycles. The van der Waals surface area contributed by atoms with E-state index in [9.17, 15) is 13.2 Å². The molecule has 134 valence electrons. The maximum Gasteiger partial charge on any atom is 0.221 e. The first-order chi connectivity index (χ1) is 11.9. The molecule has 1 amide bonds. The van der Waals surface area contributed by atoms with Crippen molar-refractivity contribution in [3.63, 3.8) is 0 Å². The van der Waals surface area contributed by atoms with Crippen LogP contribution in [-0.4, -0.2) is 33.7 Å². The molecular weight excluding hydrogens is 362 g/mol. The van der Waals surface area contributed by atoms with Crippen molar-refractivity contribution in [2.24, 2.45) is 0 Å².